The van der Waals surface area contributed by atoms with Crippen LogP contribution in [0.4, 0.5) is 4.79 Å². The molecule has 2 N–H and O–H groups in total. The second-order valence-electron chi connectivity index (χ2n) is 8.87. The van der Waals surface area contributed by atoms with Crippen molar-refractivity contribution in [1.29, 1.82) is 0 Å². The van der Waals surface area contributed by atoms with E-state index in [9.17, 15) is 4.79 Å². The number of aryl methyl sites for hydroxylation is 2. The number of rotatable bonds is 8. The van der Waals surface area contributed by atoms with Gasteiger partial charge < -0.3 is 29.5 Å². The third kappa shape index (κ3) is 8.77. The Bertz CT molecular complexity index is 698. The highest BCUT2D eigenvalue weighted by atomic mass is 16.6. The van der Waals surface area contributed by atoms with Crippen LogP contribution >= 0.6 is 0 Å². The summed E-state index contributed by atoms with van der Waals surface area (Å²) in [5.74, 6) is 1.81. The van der Waals surface area contributed by atoms with Crippen LogP contribution in [0.1, 0.15) is 57.1 Å². The van der Waals surface area contributed by atoms with Gasteiger partial charge in [0.05, 0.1) is 11.8 Å². The summed E-state index contributed by atoms with van der Waals surface area (Å²) < 4.78 is 16.4. The van der Waals surface area contributed by atoms with Crippen molar-refractivity contribution in [1.82, 2.24) is 20.7 Å². The first-order chi connectivity index (χ1) is 14.7. The average molecular weight is 438 g/mol. The molecule has 31 heavy (non-hydrogen) atoms. The Hall–Kier alpha value is -2.29. The number of guanidine groups is 1. The maximum atomic E-state index is 11.6. The fourth-order valence-corrected chi connectivity index (χ4v) is 3.55. The van der Waals surface area contributed by atoms with E-state index in [2.05, 4.69) is 25.7 Å². The summed E-state index contributed by atoms with van der Waals surface area (Å²) in [6.07, 6.45) is 3.42. The average Bonchev–Trinajstić information content (AvgIpc) is 3.02. The van der Waals surface area contributed by atoms with E-state index in [4.69, 9.17) is 14.0 Å². The number of nitrogens with one attached hydrogen (secondary N) is 2. The number of aromatic nitrogens is 1. The van der Waals surface area contributed by atoms with Crippen LogP contribution in [0.25, 0.3) is 0 Å². The Morgan fingerprint density at radius 2 is 1.94 bits per heavy atom. The highest BCUT2D eigenvalue weighted by Gasteiger charge is 2.22. The molecule has 0 bridgehead atoms. The van der Waals surface area contributed by atoms with E-state index in [1.54, 1.807) is 0 Å². The van der Waals surface area contributed by atoms with Crippen molar-refractivity contribution >= 4 is 12.1 Å². The summed E-state index contributed by atoms with van der Waals surface area (Å²) in [6.45, 7) is 13.3. The smallest absolute Gasteiger partial charge is 0.407 e. The standard InChI is InChI=1S/C22H39N5O4/c1-16-19(17(2)31-26-16)8-12-24-20(23-6)27-13-9-18(10-14-27)29-15-7-11-25-21(28)30-22(3,4)5/h18H,7-15H2,1-6H3,(H,23,24)(H,25,28). The summed E-state index contributed by atoms with van der Waals surface area (Å²) in [5.41, 5.74) is 1.64. The first kappa shape index (κ1) is 25.0. The lowest BCUT2D eigenvalue weighted by Gasteiger charge is -2.34. The second-order valence-corrected chi connectivity index (χ2v) is 8.87. The molecule has 2 rings (SSSR count). The molecule has 1 amide bonds. The number of aliphatic imine (C=N–C) groups is 1. The number of nitrogens with zero attached hydrogens (tertiary/aromatic N) is 3. The van der Waals surface area contributed by atoms with Crippen molar-refractivity contribution in [3.63, 3.8) is 0 Å². The minimum Gasteiger partial charge on any atom is -0.444 e. The monoisotopic (exact) mass is 437 g/mol. The maximum Gasteiger partial charge on any atom is 0.407 e. The molecule has 176 valence electrons. The van der Waals surface area contributed by atoms with Gasteiger partial charge in [0.2, 0.25) is 0 Å². The van der Waals surface area contributed by atoms with Gasteiger partial charge in [-0.05, 0) is 60.3 Å². The molecule has 0 radical (unpaired) electrons. The molecule has 9 heteroatoms. The molecule has 0 aliphatic carbocycles. The van der Waals surface area contributed by atoms with Crippen LogP contribution in [0.2, 0.25) is 0 Å². The summed E-state index contributed by atoms with van der Waals surface area (Å²) in [4.78, 5) is 18.3. The van der Waals surface area contributed by atoms with Crippen molar-refractivity contribution in [3.05, 3.63) is 17.0 Å². The molecule has 1 aliphatic heterocycles. The molecule has 1 aromatic rings. The highest BCUT2D eigenvalue weighted by molar-refractivity contribution is 5.80. The van der Waals surface area contributed by atoms with Gasteiger partial charge in [0.25, 0.3) is 0 Å². The first-order valence-corrected chi connectivity index (χ1v) is 11.2. The molecule has 0 spiro atoms. The zero-order valence-electron chi connectivity index (χ0n) is 19.9. The van der Waals surface area contributed by atoms with E-state index in [-0.39, 0.29) is 12.2 Å². The predicted octanol–water partition coefficient (Wildman–Crippen LogP) is 2.81. The number of amides is 1. The Morgan fingerprint density at radius 3 is 2.52 bits per heavy atom. The maximum absolute atomic E-state index is 11.6. The minimum atomic E-state index is -0.474. The molecule has 0 saturated carbocycles. The third-order valence-electron chi connectivity index (χ3n) is 5.14. The molecule has 1 saturated heterocycles. The molecule has 0 unspecified atom stereocenters. The normalized spacial score (nSPS) is 15.8. The van der Waals surface area contributed by atoms with E-state index in [1.807, 2.05) is 41.7 Å². The molecular formula is C22H39N5O4. The van der Waals surface area contributed by atoms with Gasteiger partial charge in [-0.25, -0.2) is 4.79 Å². The number of carbonyl (C=O) groups is 1. The molecule has 0 atom stereocenters. The summed E-state index contributed by atoms with van der Waals surface area (Å²) in [7, 11) is 1.82. The van der Waals surface area contributed by atoms with Crippen LogP contribution < -0.4 is 10.6 Å². The molecule has 0 aromatic carbocycles. The van der Waals surface area contributed by atoms with Crippen LogP contribution in [0.5, 0.6) is 0 Å². The van der Waals surface area contributed by atoms with Gasteiger partial charge in [0.15, 0.2) is 5.96 Å². The van der Waals surface area contributed by atoms with Gasteiger partial charge >= 0.3 is 6.09 Å². The summed E-state index contributed by atoms with van der Waals surface area (Å²) in [5, 5.41) is 10.2. The van der Waals surface area contributed by atoms with Gasteiger partial charge in [-0.2, -0.15) is 0 Å². The Morgan fingerprint density at radius 1 is 1.23 bits per heavy atom. The van der Waals surface area contributed by atoms with Crippen LogP contribution in [0.15, 0.2) is 9.52 Å². The Balaban J connectivity index is 1.60. The highest BCUT2D eigenvalue weighted by Crippen LogP contribution is 2.15. The van der Waals surface area contributed by atoms with Gasteiger partial charge in [-0.1, -0.05) is 5.16 Å². The van der Waals surface area contributed by atoms with Crippen LogP contribution in [0, 0.1) is 13.8 Å². The number of piperidine rings is 1. The lowest BCUT2D eigenvalue weighted by molar-refractivity contribution is 0.0170. The largest absolute Gasteiger partial charge is 0.444 e. The lowest BCUT2D eigenvalue weighted by atomic mass is 10.1. The fraction of sp³-hybridized carbons (Fsp3) is 0.773. The number of hydrogen-bond acceptors (Lipinski definition) is 6. The van der Waals surface area contributed by atoms with E-state index in [0.717, 1.165) is 68.3 Å². The van der Waals surface area contributed by atoms with Crippen molar-refractivity contribution in [3.8, 4) is 0 Å². The second kappa shape index (κ2) is 11.9. The van der Waals surface area contributed by atoms with Crippen molar-refractivity contribution in [2.24, 2.45) is 4.99 Å². The van der Waals surface area contributed by atoms with E-state index in [0.29, 0.717) is 13.2 Å². The van der Waals surface area contributed by atoms with E-state index in [1.165, 1.54) is 0 Å². The van der Waals surface area contributed by atoms with Crippen molar-refractivity contribution in [2.45, 2.75) is 72.0 Å². The zero-order valence-corrected chi connectivity index (χ0v) is 19.9. The Kier molecular flexibility index (Phi) is 9.61. The molecular weight excluding hydrogens is 398 g/mol. The van der Waals surface area contributed by atoms with Gasteiger partial charge in [-0.3, -0.25) is 4.99 Å². The summed E-state index contributed by atoms with van der Waals surface area (Å²) in [6, 6.07) is 0. The molecule has 9 nitrogen and oxygen atoms in total. The van der Waals surface area contributed by atoms with Crippen LogP contribution in [-0.4, -0.2) is 73.6 Å². The number of likely N-dealkylation sites (tertiary alicyclic amines) is 1. The molecule has 1 fully saturated rings. The fourth-order valence-electron chi connectivity index (χ4n) is 3.55. The third-order valence-corrected chi connectivity index (χ3v) is 5.14. The van der Waals surface area contributed by atoms with E-state index < -0.39 is 5.60 Å². The van der Waals surface area contributed by atoms with Crippen LogP contribution in [-0.2, 0) is 15.9 Å². The Labute approximate surface area is 185 Å². The van der Waals surface area contributed by atoms with Crippen molar-refractivity contribution in [2.75, 3.05) is 39.8 Å². The first-order valence-electron chi connectivity index (χ1n) is 11.2. The van der Waals surface area contributed by atoms with E-state index >= 15 is 0 Å². The summed E-state index contributed by atoms with van der Waals surface area (Å²) >= 11 is 0. The van der Waals surface area contributed by atoms with Gasteiger partial charge in [-0.15, -0.1) is 0 Å². The van der Waals surface area contributed by atoms with Crippen LogP contribution in [0.3, 0.4) is 0 Å². The topological polar surface area (TPSA) is 101 Å². The number of alkyl carbamates (subject to hydrolysis) is 1. The quantitative estimate of drug-likeness (QED) is 0.366. The number of ether oxygens (including phenoxy) is 2. The molecule has 2 heterocycles. The van der Waals surface area contributed by atoms with Gasteiger partial charge in [0, 0.05) is 45.4 Å². The predicted molar refractivity (Wildman–Crippen MR) is 120 cm³/mol. The number of carbonyl (C=O) groups excluding carboxylic acids is 1. The molecule has 1 aliphatic rings. The number of hydrogen-bond donors (Lipinski definition) is 2. The minimum absolute atomic E-state index is 0.248. The SMILES string of the molecule is CN=C(NCCc1c(C)noc1C)N1CCC(OCCCNC(=O)OC(C)(C)C)CC1. The zero-order chi connectivity index (χ0) is 22.9. The van der Waals surface area contributed by atoms with Crippen molar-refractivity contribution < 1.29 is 18.8 Å². The lowest BCUT2D eigenvalue weighted by Crippen LogP contribution is -2.47. The van der Waals surface area contributed by atoms with Gasteiger partial charge in [0.1, 0.15) is 11.4 Å². The molecule has 1 aromatic heterocycles.